The summed E-state index contributed by atoms with van der Waals surface area (Å²) in [6.45, 7) is 5.21. The summed E-state index contributed by atoms with van der Waals surface area (Å²) in [6.07, 6.45) is 1.14. The van der Waals surface area contributed by atoms with Gasteiger partial charge in [0.25, 0.3) is 0 Å². The topological polar surface area (TPSA) is 12.0 Å². The van der Waals surface area contributed by atoms with E-state index in [1.54, 1.807) is 0 Å². The molecule has 0 heterocycles. The predicted molar refractivity (Wildman–Crippen MR) is 65.7 cm³/mol. The fraction of sp³-hybridized carbons (Fsp3) is 0.455. The summed E-state index contributed by atoms with van der Waals surface area (Å²) in [5.74, 6) is 0. The van der Waals surface area contributed by atoms with Gasteiger partial charge in [0.2, 0.25) is 0 Å². The van der Waals surface area contributed by atoms with Crippen molar-refractivity contribution in [1.82, 2.24) is 5.32 Å². The van der Waals surface area contributed by atoms with Crippen molar-refractivity contribution in [3.05, 3.63) is 33.3 Å². The van der Waals surface area contributed by atoms with Crippen LogP contribution in [0.1, 0.15) is 25.8 Å². The first kappa shape index (κ1) is 12.0. The molecule has 0 spiro atoms. The van der Waals surface area contributed by atoms with Crippen LogP contribution in [0.3, 0.4) is 0 Å². The van der Waals surface area contributed by atoms with Gasteiger partial charge in [0, 0.05) is 22.1 Å². The molecule has 0 saturated carbocycles. The van der Waals surface area contributed by atoms with Gasteiger partial charge in [0.15, 0.2) is 0 Å². The molecule has 1 rings (SSSR count). The monoisotopic (exact) mass is 275 g/mol. The number of hydrogen-bond donors (Lipinski definition) is 1. The molecule has 0 radical (unpaired) electrons. The van der Waals surface area contributed by atoms with Crippen LogP contribution in [0.25, 0.3) is 0 Å². The molecule has 0 unspecified atom stereocenters. The molecule has 1 N–H and O–H groups in total. The van der Waals surface area contributed by atoms with E-state index in [4.69, 9.17) is 11.6 Å². The summed E-state index contributed by atoms with van der Waals surface area (Å²) in [5.41, 5.74) is 1.21. The lowest BCUT2D eigenvalue weighted by Gasteiger charge is -2.12. The number of halogens is 2. The highest BCUT2D eigenvalue weighted by Crippen LogP contribution is 2.21. The Morgan fingerprint density at radius 1 is 1.50 bits per heavy atom. The second-order valence-electron chi connectivity index (χ2n) is 3.43. The van der Waals surface area contributed by atoms with Gasteiger partial charge in [-0.3, -0.25) is 0 Å². The molecule has 1 aromatic carbocycles. The zero-order chi connectivity index (χ0) is 10.6. The first-order valence-corrected chi connectivity index (χ1v) is 5.98. The van der Waals surface area contributed by atoms with Gasteiger partial charge in [-0.2, -0.15) is 0 Å². The molecule has 0 bridgehead atoms. The molecule has 3 heteroatoms. The first-order chi connectivity index (χ1) is 6.63. The molecular weight excluding hydrogens is 261 g/mol. The molecular formula is C11H15BrClN. The molecule has 78 valence electrons. The van der Waals surface area contributed by atoms with Crippen molar-refractivity contribution in [2.45, 2.75) is 32.9 Å². The lowest BCUT2D eigenvalue weighted by Crippen LogP contribution is -2.24. The van der Waals surface area contributed by atoms with Crippen molar-refractivity contribution in [2.75, 3.05) is 0 Å². The van der Waals surface area contributed by atoms with E-state index in [9.17, 15) is 0 Å². The second-order valence-corrected chi connectivity index (χ2v) is 4.72. The maximum Gasteiger partial charge on any atom is 0.0410 e. The van der Waals surface area contributed by atoms with Gasteiger partial charge >= 0.3 is 0 Å². The Balaban J connectivity index is 2.62. The van der Waals surface area contributed by atoms with Crippen LogP contribution in [-0.2, 0) is 6.54 Å². The lowest BCUT2D eigenvalue weighted by molar-refractivity contribution is 0.533. The van der Waals surface area contributed by atoms with Crippen molar-refractivity contribution in [1.29, 1.82) is 0 Å². The SMILES string of the molecule is CC[C@H](C)NCc1cc(Cl)ccc1Br. The molecule has 0 aromatic heterocycles. The number of nitrogens with one attached hydrogen (secondary N) is 1. The van der Waals surface area contributed by atoms with Crippen LogP contribution in [0.5, 0.6) is 0 Å². The maximum atomic E-state index is 5.92. The Morgan fingerprint density at radius 2 is 2.21 bits per heavy atom. The van der Waals surface area contributed by atoms with Gasteiger partial charge in [-0.05, 0) is 37.1 Å². The van der Waals surface area contributed by atoms with Crippen LogP contribution in [0, 0.1) is 0 Å². The fourth-order valence-electron chi connectivity index (χ4n) is 1.11. The third-order valence-electron chi connectivity index (χ3n) is 2.26. The molecule has 0 fully saturated rings. The van der Waals surface area contributed by atoms with Crippen LogP contribution in [0.15, 0.2) is 22.7 Å². The summed E-state index contributed by atoms with van der Waals surface area (Å²) in [7, 11) is 0. The van der Waals surface area contributed by atoms with E-state index in [1.165, 1.54) is 5.56 Å². The van der Waals surface area contributed by atoms with Gasteiger partial charge in [-0.25, -0.2) is 0 Å². The van der Waals surface area contributed by atoms with Gasteiger partial charge in [0.1, 0.15) is 0 Å². The van der Waals surface area contributed by atoms with Gasteiger partial charge in [-0.15, -0.1) is 0 Å². The summed E-state index contributed by atoms with van der Waals surface area (Å²) >= 11 is 9.42. The second kappa shape index (κ2) is 5.74. The molecule has 0 aliphatic carbocycles. The summed E-state index contributed by atoms with van der Waals surface area (Å²) < 4.78 is 1.11. The Labute approximate surface area is 99.0 Å². The molecule has 1 aromatic rings. The lowest BCUT2D eigenvalue weighted by atomic mass is 10.2. The third kappa shape index (κ3) is 3.60. The van der Waals surface area contributed by atoms with Crippen LogP contribution in [0.4, 0.5) is 0 Å². The van der Waals surface area contributed by atoms with E-state index in [-0.39, 0.29) is 0 Å². The molecule has 0 aliphatic heterocycles. The molecule has 0 saturated heterocycles. The molecule has 0 amide bonds. The van der Waals surface area contributed by atoms with Crippen LogP contribution in [0.2, 0.25) is 5.02 Å². The van der Waals surface area contributed by atoms with Crippen molar-refractivity contribution >= 4 is 27.5 Å². The van der Waals surface area contributed by atoms with Crippen molar-refractivity contribution in [2.24, 2.45) is 0 Å². The minimum atomic E-state index is 0.542. The zero-order valence-corrected chi connectivity index (χ0v) is 10.8. The summed E-state index contributed by atoms with van der Waals surface area (Å²) in [4.78, 5) is 0. The van der Waals surface area contributed by atoms with Gasteiger partial charge in [-0.1, -0.05) is 34.5 Å². The van der Waals surface area contributed by atoms with Gasteiger partial charge in [0.05, 0.1) is 0 Å². The number of hydrogen-bond acceptors (Lipinski definition) is 1. The van der Waals surface area contributed by atoms with Crippen LogP contribution < -0.4 is 5.32 Å². The van der Waals surface area contributed by atoms with Crippen LogP contribution in [-0.4, -0.2) is 6.04 Å². The highest BCUT2D eigenvalue weighted by molar-refractivity contribution is 9.10. The molecule has 1 nitrogen and oxygen atoms in total. The normalized spacial score (nSPS) is 12.9. The predicted octanol–water partition coefficient (Wildman–Crippen LogP) is 3.99. The van der Waals surface area contributed by atoms with Crippen LogP contribution >= 0.6 is 27.5 Å². The van der Waals surface area contributed by atoms with Crippen molar-refractivity contribution in [3.8, 4) is 0 Å². The highest BCUT2D eigenvalue weighted by Gasteiger charge is 2.02. The summed E-state index contributed by atoms with van der Waals surface area (Å²) in [5, 5.41) is 4.21. The Kier molecular flexibility index (Phi) is 4.93. The quantitative estimate of drug-likeness (QED) is 0.877. The number of rotatable bonds is 4. The minimum absolute atomic E-state index is 0.542. The largest absolute Gasteiger partial charge is 0.310 e. The molecule has 14 heavy (non-hydrogen) atoms. The Hall–Kier alpha value is -0.0500. The highest BCUT2D eigenvalue weighted by atomic mass is 79.9. The zero-order valence-electron chi connectivity index (χ0n) is 8.48. The first-order valence-electron chi connectivity index (χ1n) is 4.80. The average molecular weight is 277 g/mol. The van der Waals surface area contributed by atoms with E-state index in [0.29, 0.717) is 6.04 Å². The number of benzene rings is 1. The van der Waals surface area contributed by atoms with E-state index in [1.807, 2.05) is 18.2 Å². The molecule has 1 atom stereocenters. The summed E-state index contributed by atoms with van der Waals surface area (Å²) in [6, 6.07) is 6.40. The van der Waals surface area contributed by atoms with E-state index >= 15 is 0 Å². The van der Waals surface area contributed by atoms with Gasteiger partial charge < -0.3 is 5.32 Å². The third-order valence-corrected chi connectivity index (χ3v) is 3.27. The van der Waals surface area contributed by atoms with Crippen molar-refractivity contribution < 1.29 is 0 Å². The standard InChI is InChI=1S/C11H15BrClN/c1-3-8(2)14-7-9-6-10(13)4-5-11(9)12/h4-6,8,14H,3,7H2,1-2H3/t8-/m0/s1. The maximum absolute atomic E-state index is 5.92. The Bertz CT molecular complexity index is 301. The van der Waals surface area contributed by atoms with Crippen molar-refractivity contribution in [3.63, 3.8) is 0 Å². The minimum Gasteiger partial charge on any atom is -0.310 e. The fourth-order valence-corrected chi connectivity index (χ4v) is 1.69. The van der Waals surface area contributed by atoms with E-state index in [0.717, 1.165) is 22.5 Å². The average Bonchev–Trinajstić information content (AvgIpc) is 2.19. The molecule has 0 aliphatic rings. The van der Waals surface area contributed by atoms with E-state index < -0.39 is 0 Å². The van der Waals surface area contributed by atoms with E-state index in [2.05, 4.69) is 35.1 Å². The smallest absolute Gasteiger partial charge is 0.0410 e. The Morgan fingerprint density at radius 3 is 2.86 bits per heavy atom.